The number of hydrogen-bond acceptors (Lipinski definition) is 4. The fourth-order valence-corrected chi connectivity index (χ4v) is 5.92. The third-order valence-electron chi connectivity index (χ3n) is 6.30. The van der Waals surface area contributed by atoms with Crippen LogP contribution in [-0.4, -0.2) is 21.3 Å². The first-order valence-corrected chi connectivity index (χ1v) is 14.6. The number of para-hydroxylation sites is 1. The normalized spacial score (nSPS) is 11.8. The number of benzene rings is 5. The number of hydrogen-bond donors (Lipinski definition) is 1. The molecule has 39 heavy (non-hydrogen) atoms. The topological polar surface area (TPSA) is 42.8 Å². The summed E-state index contributed by atoms with van der Waals surface area (Å²) in [5, 5.41) is 0. The van der Waals surface area contributed by atoms with Crippen LogP contribution in [0.5, 0.6) is 0 Å². The number of aliphatic imine (C=N–C) groups is 1. The van der Waals surface area contributed by atoms with E-state index in [4.69, 9.17) is 12.6 Å². The van der Waals surface area contributed by atoms with Crippen molar-refractivity contribution in [2.75, 3.05) is 4.30 Å². The molecule has 0 spiro atoms. The summed E-state index contributed by atoms with van der Waals surface area (Å²) in [7, 11) is 0. The maximum absolute atomic E-state index is 6.90. The Balaban J connectivity index is 1.47. The van der Waals surface area contributed by atoms with E-state index in [-0.39, 0.29) is 6.10 Å². The van der Waals surface area contributed by atoms with Gasteiger partial charge < -0.3 is 11.9 Å². The highest BCUT2D eigenvalue weighted by atomic mass is 27.2. The molecule has 0 heterocycles. The van der Waals surface area contributed by atoms with Crippen molar-refractivity contribution < 1.29 is 7.58 Å². The van der Waals surface area contributed by atoms with Crippen molar-refractivity contribution in [1.82, 2.24) is 0 Å². The van der Waals surface area contributed by atoms with Gasteiger partial charge in [0, 0.05) is 18.5 Å². The molecule has 0 saturated heterocycles. The third-order valence-corrected chi connectivity index (χ3v) is 7.86. The Hall–Kier alpha value is -3.98. The van der Waals surface area contributed by atoms with E-state index in [0.717, 1.165) is 33.6 Å². The van der Waals surface area contributed by atoms with E-state index in [0.29, 0.717) is 6.61 Å². The second-order valence-electron chi connectivity index (χ2n) is 9.29. The standard InChI is InChI=1S/C21H18NO.C7H7O.C6H6N.Al/c1-16-8-7-12-19(14-16)22-15-18-11-5-6-13-20(18)21(23)17-9-3-2-4-10-17;8-6-7-4-2-1-3-5-7;7-6-4-2-1-3-5-6;/h2-15,21H,1H3;1-5H,6H2;1-5,7H;/q3*-1;+3. The summed E-state index contributed by atoms with van der Waals surface area (Å²) in [5.74, 6) is 0. The summed E-state index contributed by atoms with van der Waals surface area (Å²) in [6.07, 6.45) is 1.59. The van der Waals surface area contributed by atoms with Gasteiger partial charge in [-0.2, -0.15) is 0 Å². The lowest BCUT2D eigenvalue weighted by atomic mass is 9.97. The van der Waals surface area contributed by atoms with Crippen LogP contribution in [0.1, 0.15) is 33.9 Å². The van der Waals surface area contributed by atoms with Crippen LogP contribution < -0.4 is 4.30 Å². The summed E-state index contributed by atoms with van der Waals surface area (Å²) in [6.45, 7) is 2.54. The fourth-order valence-electron chi connectivity index (χ4n) is 4.33. The number of nitrogens with one attached hydrogen (secondary N) is 1. The highest BCUT2D eigenvalue weighted by molar-refractivity contribution is 6.49. The molecule has 0 aliphatic rings. The van der Waals surface area contributed by atoms with Gasteiger partial charge in [0.05, 0.1) is 11.8 Å². The summed E-state index contributed by atoms with van der Waals surface area (Å²) >= 11 is -2.43. The van der Waals surface area contributed by atoms with E-state index >= 15 is 0 Å². The van der Waals surface area contributed by atoms with Crippen LogP contribution >= 0.6 is 0 Å². The minimum atomic E-state index is -2.43. The molecular weight excluding hydrogens is 495 g/mol. The molecule has 5 heteroatoms. The van der Waals surface area contributed by atoms with E-state index in [1.54, 1.807) is 0 Å². The van der Waals surface area contributed by atoms with Gasteiger partial charge in [0.25, 0.3) is 0 Å². The predicted octanol–water partition coefficient (Wildman–Crippen LogP) is 8.17. The van der Waals surface area contributed by atoms with Gasteiger partial charge in [-0.15, -0.1) is 0 Å². The van der Waals surface area contributed by atoms with Gasteiger partial charge in [-0.05, 0) is 59.0 Å². The molecule has 4 nitrogen and oxygen atoms in total. The number of rotatable bonds is 11. The first kappa shape index (κ1) is 26.6. The molecule has 0 aliphatic heterocycles. The Morgan fingerprint density at radius 3 is 2.15 bits per heavy atom. The molecular formula is C34H31AlN2O2. The van der Waals surface area contributed by atoms with Gasteiger partial charge in [0.15, 0.2) is 0 Å². The van der Waals surface area contributed by atoms with Crippen molar-refractivity contribution in [2.45, 2.75) is 19.6 Å². The third kappa shape index (κ3) is 7.77. The monoisotopic (exact) mass is 526 g/mol. The molecule has 1 unspecified atom stereocenters. The largest absolute Gasteiger partial charge is 0.847 e. The van der Waals surface area contributed by atoms with Crippen molar-refractivity contribution in [2.24, 2.45) is 4.99 Å². The molecule has 5 aromatic rings. The van der Waals surface area contributed by atoms with Crippen molar-refractivity contribution in [1.29, 1.82) is 0 Å². The molecule has 1 atom stereocenters. The van der Waals surface area contributed by atoms with Gasteiger partial charge in [0.2, 0.25) is 0 Å². The smallest absolute Gasteiger partial charge is 0.456 e. The number of nitrogens with zero attached hydrogens (tertiary/aromatic N) is 1. The number of aryl methyl sites for hydroxylation is 1. The second-order valence-corrected chi connectivity index (χ2v) is 10.8. The Morgan fingerprint density at radius 2 is 1.41 bits per heavy atom. The molecule has 5 rings (SSSR count). The molecule has 0 bridgehead atoms. The Bertz CT molecular complexity index is 1480. The van der Waals surface area contributed by atoms with Crippen LogP contribution in [0.3, 0.4) is 0 Å². The van der Waals surface area contributed by atoms with Crippen LogP contribution in [-0.2, 0) is 14.2 Å². The second kappa shape index (κ2) is 13.7. The van der Waals surface area contributed by atoms with Crippen LogP contribution in [0.15, 0.2) is 145 Å². The minimum Gasteiger partial charge on any atom is -0.456 e. The molecule has 1 N–H and O–H groups in total. The maximum Gasteiger partial charge on any atom is 0.847 e. The molecule has 5 aromatic carbocycles. The average molecular weight is 527 g/mol. The zero-order chi connectivity index (χ0) is 26.7. The minimum absolute atomic E-state index is 0.338. The Morgan fingerprint density at radius 1 is 0.744 bits per heavy atom. The Kier molecular flexibility index (Phi) is 9.36. The lowest BCUT2D eigenvalue weighted by Crippen LogP contribution is -2.34. The van der Waals surface area contributed by atoms with E-state index in [2.05, 4.69) is 59.8 Å². The molecule has 0 fully saturated rings. The van der Waals surface area contributed by atoms with Crippen LogP contribution in [0, 0.1) is 6.92 Å². The van der Waals surface area contributed by atoms with Crippen molar-refractivity contribution in [3.8, 4) is 0 Å². The first-order valence-electron chi connectivity index (χ1n) is 13.1. The molecule has 0 aliphatic carbocycles. The lowest BCUT2D eigenvalue weighted by molar-refractivity contribution is 0.158. The summed E-state index contributed by atoms with van der Waals surface area (Å²) in [5.41, 5.74) is 7.29. The SMILES string of the molecule is Cc1cccc(N=Cc2ccccc2C([O][Al]([NH]c2ccccc2)[O]Cc2ccccc2)c2ccccc2)c1. The predicted molar refractivity (Wildman–Crippen MR) is 161 cm³/mol. The van der Waals surface area contributed by atoms with Crippen molar-refractivity contribution >= 4 is 32.6 Å². The van der Waals surface area contributed by atoms with E-state index < -0.39 is 15.0 Å². The van der Waals surface area contributed by atoms with Gasteiger partial charge >= 0.3 is 15.0 Å². The van der Waals surface area contributed by atoms with E-state index in [1.807, 2.05) is 97.2 Å². The molecule has 0 amide bonds. The van der Waals surface area contributed by atoms with Crippen LogP contribution in [0.25, 0.3) is 0 Å². The summed E-state index contributed by atoms with van der Waals surface area (Å²) in [6, 6.07) is 47.1. The van der Waals surface area contributed by atoms with E-state index in [1.165, 1.54) is 5.56 Å². The van der Waals surface area contributed by atoms with Crippen LogP contribution in [0.4, 0.5) is 11.4 Å². The molecule has 0 radical (unpaired) electrons. The first-order chi connectivity index (χ1) is 19.2. The summed E-state index contributed by atoms with van der Waals surface area (Å²) < 4.78 is 16.9. The van der Waals surface area contributed by atoms with Gasteiger partial charge in [0.1, 0.15) is 0 Å². The van der Waals surface area contributed by atoms with E-state index in [9.17, 15) is 0 Å². The maximum atomic E-state index is 6.90. The average Bonchev–Trinajstić information content (AvgIpc) is 2.99. The molecule has 192 valence electrons. The molecule has 0 aromatic heterocycles. The zero-order valence-corrected chi connectivity index (χ0v) is 23.1. The van der Waals surface area contributed by atoms with Gasteiger partial charge in [-0.25, -0.2) is 0 Å². The molecule has 0 saturated carbocycles. The van der Waals surface area contributed by atoms with Gasteiger partial charge in [-0.3, -0.25) is 4.99 Å². The van der Waals surface area contributed by atoms with Gasteiger partial charge in [-0.1, -0.05) is 115 Å². The summed E-state index contributed by atoms with van der Waals surface area (Å²) in [4.78, 5) is 4.78. The van der Waals surface area contributed by atoms with Crippen molar-refractivity contribution in [3.63, 3.8) is 0 Å². The highest BCUT2D eigenvalue weighted by Crippen LogP contribution is 2.30. The number of anilines is 1. The fraction of sp³-hybridized carbons (Fsp3) is 0.0882. The quantitative estimate of drug-likeness (QED) is 0.139. The highest BCUT2D eigenvalue weighted by Gasteiger charge is 2.34. The lowest BCUT2D eigenvalue weighted by Gasteiger charge is -2.25. The zero-order valence-electron chi connectivity index (χ0n) is 22.0. The van der Waals surface area contributed by atoms with Crippen LogP contribution in [0.2, 0.25) is 0 Å². The Labute approximate surface area is 235 Å². The van der Waals surface area contributed by atoms with Crippen molar-refractivity contribution in [3.05, 3.63) is 167 Å².